The number of halogens is 3. The first-order valence-electron chi connectivity index (χ1n) is 37.4. The van der Waals surface area contributed by atoms with Crippen molar-refractivity contribution in [2.45, 2.75) is 154 Å². The van der Waals surface area contributed by atoms with E-state index in [9.17, 15) is 33.3 Å². The molecule has 8 aromatic rings. The number of rotatable bonds is 21. The lowest BCUT2D eigenvalue weighted by Gasteiger charge is -2.42. The van der Waals surface area contributed by atoms with E-state index < -0.39 is 32.4 Å². The highest BCUT2D eigenvalue weighted by atomic mass is 28.3. The molecule has 27 nitrogen and oxygen atoms in total. The van der Waals surface area contributed by atoms with Gasteiger partial charge in [0, 0.05) is 107 Å². The van der Waals surface area contributed by atoms with Crippen molar-refractivity contribution < 1.29 is 56.3 Å². The number of nitriles is 2. The highest BCUT2D eigenvalue weighted by molar-refractivity contribution is 6.76. The van der Waals surface area contributed by atoms with Crippen LogP contribution in [0.3, 0.4) is 0 Å². The van der Waals surface area contributed by atoms with E-state index in [0.717, 1.165) is 161 Å². The van der Waals surface area contributed by atoms with Crippen molar-refractivity contribution in [3.05, 3.63) is 142 Å². The van der Waals surface area contributed by atoms with E-state index in [1.54, 1.807) is 9.80 Å². The summed E-state index contributed by atoms with van der Waals surface area (Å²) < 4.78 is 63.8. The summed E-state index contributed by atoms with van der Waals surface area (Å²) in [5.41, 5.74) is 12.5. The van der Waals surface area contributed by atoms with Gasteiger partial charge in [0.25, 0.3) is 0 Å². The van der Waals surface area contributed by atoms with E-state index in [4.69, 9.17) is 58.6 Å². The third kappa shape index (κ3) is 19.6. The van der Waals surface area contributed by atoms with Gasteiger partial charge in [0.15, 0.2) is 0 Å². The van der Waals surface area contributed by atoms with Crippen LogP contribution in [0.25, 0.3) is 21.8 Å². The molecule has 4 aromatic carbocycles. The predicted octanol–water partition coefficient (Wildman–Crippen LogP) is 11.3. The van der Waals surface area contributed by atoms with E-state index in [0.29, 0.717) is 96.4 Å². The Morgan fingerprint density at radius 2 is 1.11 bits per heavy atom. The first-order valence-corrected chi connectivity index (χ1v) is 41.1. The molecule has 4 aromatic heterocycles. The zero-order valence-corrected chi connectivity index (χ0v) is 64.1. The summed E-state index contributed by atoms with van der Waals surface area (Å²) >= 11 is 0. The third-order valence-electron chi connectivity index (χ3n) is 21.1. The van der Waals surface area contributed by atoms with Gasteiger partial charge < -0.3 is 68.0 Å². The Bertz CT molecular complexity index is 4560. The number of carboxylic acids is 1. The number of aliphatic carboxylic acids is 1. The first kappa shape index (κ1) is 78.2. The van der Waals surface area contributed by atoms with Gasteiger partial charge in [-0.3, -0.25) is 5.10 Å². The Kier molecular flexibility index (Phi) is 25.4. The standard InChI is InChI=1S/C41H55N9O4Si.C35H41N9O3.C2HF3O2/c1-30-13-14-32-24-49(29-52-22-23-55(3,4)5)45-37(32)38(30)47-19-16-35-36(26-47)43-40(53-28-34-12-9-18-46(34)2)44-39(35)48-20-21-50(33(25-48)15-17-42)41(51)54-27-31-10-7-6-8-11-31;1-24-10-11-26-19-37-40-31(26)32(24)42-16-13-29-30(21-42)38-34(46-23-28-9-6-15-41(28)2)39-33(29)43-17-18-44(27(20-43)12-14-36)35(45)47-22-25-7-4-3-5-8-25;3-2(4,5)1(6)7/h6-8,10-11,13-14,24,33-34H,9,12,15-16,18-23,25-29H2,1-5H3;3-5,7-8,10-11,19,27-28H,6,9,12-13,15-18,20-23H2,1-2H3,(H,37,40);(H,6,7)/t33?,34-;27?,28-;/m00./s1. The number of aryl methyl sites for hydroxylation is 2. The number of piperazine rings is 2. The van der Waals surface area contributed by atoms with Gasteiger partial charge in [-0.05, 0) is 108 Å². The maximum atomic E-state index is 13.3. The number of nitrogens with zero attached hydrogens (tertiary/aromatic N) is 17. The van der Waals surface area contributed by atoms with Crippen LogP contribution in [0.1, 0.15) is 83.3 Å². The molecule has 6 aliphatic rings. The maximum Gasteiger partial charge on any atom is 0.490 e. The fourth-order valence-electron chi connectivity index (χ4n) is 15.0. The number of aromatic amines is 1. The zero-order valence-electron chi connectivity index (χ0n) is 63.1. The number of hydrogen-bond acceptors (Lipinski definition) is 22. The number of anilines is 4. The van der Waals surface area contributed by atoms with Crippen molar-refractivity contribution in [1.29, 1.82) is 10.5 Å². The largest absolute Gasteiger partial charge is 0.490 e. The van der Waals surface area contributed by atoms with Crippen LogP contribution in [0, 0.1) is 36.5 Å². The number of nitrogens with one attached hydrogen (secondary N) is 1. The SMILES string of the molecule is Cc1ccc2cn(COCC[Si](C)(C)C)nc2c1N1CCc2c(nc(OC[C@@H]3CCCN3C)nc2N2CCN(C(=O)OCc3ccccc3)C(CC#N)C2)C1.Cc1ccc2cn[nH]c2c1N1CCc2c(nc(OC[C@@H]3CCCN3C)nc2N2CCN(C(=O)OCc3ccccc3)C(CC#N)C2)C1.O=C(O)C(F)(F)F. The number of ether oxygens (including phenoxy) is 5. The lowest BCUT2D eigenvalue weighted by Crippen LogP contribution is -2.55. The summed E-state index contributed by atoms with van der Waals surface area (Å²) in [6, 6.07) is 34.2. The average Bonchev–Trinajstić information content (AvgIpc) is 1.59. The molecule has 4 fully saturated rings. The molecule has 2 unspecified atom stereocenters. The molecule has 10 heterocycles. The van der Waals surface area contributed by atoms with Gasteiger partial charge in [-0.2, -0.15) is 53.8 Å². The van der Waals surface area contributed by atoms with Crippen LogP contribution in [0.5, 0.6) is 12.0 Å². The average molecular weight is 1520 g/mol. The normalized spacial score (nSPS) is 18.9. The molecule has 109 heavy (non-hydrogen) atoms. The number of H-pyrrole nitrogens is 1. The van der Waals surface area contributed by atoms with Gasteiger partial charge in [0.2, 0.25) is 0 Å². The molecular weight excluding hydrogens is 1420 g/mol. The number of carbonyl (C=O) groups is 3. The Hall–Kier alpha value is -10.3. The highest BCUT2D eigenvalue weighted by Gasteiger charge is 2.40. The molecule has 0 aliphatic carbocycles. The molecule has 2 amide bonds. The van der Waals surface area contributed by atoms with E-state index >= 15 is 0 Å². The van der Waals surface area contributed by atoms with E-state index in [2.05, 4.69) is 130 Å². The predicted molar refractivity (Wildman–Crippen MR) is 408 cm³/mol. The van der Waals surface area contributed by atoms with E-state index in [1.807, 2.05) is 71.5 Å². The fourth-order valence-corrected chi connectivity index (χ4v) is 15.8. The van der Waals surface area contributed by atoms with E-state index in [1.165, 1.54) is 5.56 Å². The number of carboxylic acid groups (broad SMARTS) is 1. The molecule has 0 spiro atoms. The molecule has 6 aliphatic heterocycles. The summed E-state index contributed by atoms with van der Waals surface area (Å²) in [6.45, 7) is 21.7. The number of alkyl halides is 3. The topological polar surface area (TPSA) is 289 Å². The quantitative estimate of drug-likeness (QED) is 0.0499. The zero-order chi connectivity index (χ0) is 76.9. The summed E-state index contributed by atoms with van der Waals surface area (Å²) in [7, 11) is 3.10. The van der Waals surface area contributed by atoms with Crippen molar-refractivity contribution in [3.8, 4) is 24.2 Å². The monoisotopic (exact) mass is 1510 g/mol. The number of amides is 2. The summed E-state index contributed by atoms with van der Waals surface area (Å²) in [6.07, 6.45) is 4.40. The molecular formula is C78H97F3N18O9Si. The van der Waals surface area contributed by atoms with Gasteiger partial charge in [-0.15, -0.1) is 0 Å². The molecule has 0 bridgehead atoms. The maximum absolute atomic E-state index is 13.3. The molecule has 578 valence electrons. The highest BCUT2D eigenvalue weighted by Crippen LogP contribution is 2.39. The van der Waals surface area contributed by atoms with Crippen LogP contribution < -0.4 is 29.1 Å². The Morgan fingerprint density at radius 3 is 1.58 bits per heavy atom. The number of aromatic nitrogens is 8. The third-order valence-corrected chi connectivity index (χ3v) is 22.8. The summed E-state index contributed by atoms with van der Waals surface area (Å²) in [5, 5.41) is 41.4. The van der Waals surface area contributed by atoms with Crippen molar-refractivity contribution in [2.75, 3.05) is 119 Å². The van der Waals surface area contributed by atoms with Gasteiger partial charge >= 0.3 is 36.4 Å². The second kappa shape index (κ2) is 35.3. The minimum atomic E-state index is -5.08. The Labute approximate surface area is 634 Å². The van der Waals surface area contributed by atoms with Crippen LogP contribution in [0.4, 0.5) is 45.8 Å². The van der Waals surface area contributed by atoms with Crippen LogP contribution in [-0.4, -0.2) is 221 Å². The number of likely N-dealkylation sites (tertiary alicyclic amines) is 2. The van der Waals surface area contributed by atoms with E-state index in [-0.39, 0.29) is 38.1 Å². The molecule has 4 atom stereocenters. The number of benzene rings is 4. The van der Waals surface area contributed by atoms with Crippen molar-refractivity contribution in [1.82, 2.24) is 59.5 Å². The lowest BCUT2D eigenvalue weighted by molar-refractivity contribution is -0.192. The van der Waals surface area contributed by atoms with Crippen LogP contribution in [0.2, 0.25) is 25.7 Å². The van der Waals surface area contributed by atoms with Gasteiger partial charge in [0.05, 0.1) is 84.6 Å². The smallest absolute Gasteiger partial charge is 0.475 e. The van der Waals surface area contributed by atoms with Gasteiger partial charge in [0.1, 0.15) is 50.3 Å². The minimum absolute atomic E-state index is 0.186. The number of hydrogen-bond donors (Lipinski definition) is 2. The number of likely N-dealkylation sites (N-methyl/N-ethyl adjacent to an activating group) is 2. The second-order valence-corrected chi connectivity index (χ2v) is 35.6. The van der Waals surface area contributed by atoms with Crippen molar-refractivity contribution >= 4 is 71.0 Å². The Balaban J connectivity index is 0.000000189. The van der Waals surface area contributed by atoms with Gasteiger partial charge in [-0.25, -0.2) is 19.1 Å². The molecule has 2 N–H and O–H groups in total. The van der Waals surface area contributed by atoms with Gasteiger partial charge in [-0.1, -0.05) is 105 Å². The van der Waals surface area contributed by atoms with Crippen LogP contribution in [-0.2, 0) is 64.9 Å². The second-order valence-electron chi connectivity index (χ2n) is 30.0. The van der Waals surface area contributed by atoms with Crippen molar-refractivity contribution in [2.24, 2.45) is 0 Å². The summed E-state index contributed by atoms with van der Waals surface area (Å²) in [4.78, 5) is 72.8. The Morgan fingerprint density at radius 1 is 0.624 bits per heavy atom. The lowest BCUT2D eigenvalue weighted by atomic mass is 10.0. The molecule has 0 radical (unpaired) electrons. The molecule has 14 rings (SSSR count). The van der Waals surface area contributed by atoms with Crippen LogP contribution in [0.15, 0.2) is 97.3 Å². The van der Waals surface area contributed by atoms with Crippen molar-refractivity contribution in [3.63, 3.8) is 0 Å². The first-order chi connectivity index (χ1) is 52.5. The number of fused-ring (bicyclic) bond motifs is 4. The molecule has 31 heteroatoms. The van der Waals surface area contributed by atoms with Crippen LogP contribution >= 0.6 is 0 Å². The summed E-state index contributed by atoms with van der Waals surface area (Å²) in [5.74, 6) is -1.09. The fraction of sp³-hybridized carbons (Fsp3) is 0.500. The molecule has 0 saturated carbocycles. The minimum Gasteiger partial charge on any atom is -0.475 e. The molecule has 4 saturated heterocycles. The number of carbonyl (C=O) groups excluding carboxylic acids is 2.